The number of hydrogen-bond donors (Lipinski definition) is 3. The molecule has 2 saturated heterocycles. The molecule has 104 valence electrons. The van der Waals surface area contributed by atoms with Gasteiger partial charge in [-0.15, -0.1) is 0 Å². The molecule has 0 aliphatic carbocycles. The zero-order valence-corrected chi connectivity index (χ0v) is 11.3. The summed E-state index contributed by atoms with van der Waals surface area (Å²) in [5.74, 6) is 1.12. The van der Waals surface area contributed by atoms with E-state index in [9.17, 15) is 4.79 Å². The van der Waals surface area contributed by atoms with Crippen LogP contribution in [0.5, 0.6) is 0 Å². The van der Waals surface area contributed by atoms with E-state index in [1.165, 1.54) is 12.8 Å². The van der Waals surface area contributed by atoms with Crippen molar-refractivity contribution in [2.75, 3.05) is 13.2 Å². The molecule has 18 heavy (non-hydrogen) atoms. The van der Waals surface area contributed by atoms with Crippen LogP contribution >= 0.6 is 0 Å². The fraction of sp³-hybridized carbons (Fsp3) is 0.929. The average Bonchev–Trinajstić information content (AvgIpc) is 2.67. The third-order valence-corrected chi connectivity index (χ3v) is 4.31. The van der Waals surface area contributed by atoms with Crippen LogP contribution in [0.4, 0.5) is 0 Å². The maximum absolute atomic E-state index is 11.9. The number of carbonyl (C=O) groups excluding carboxylic acids is 1. The second-order valence-electron chi connectivity index (χ2n) is 6.10. The van der Waals surface area contributed by atoms with E-state index in [-0.39, 0.29) is 12.5 Å². The van der Waals surface area contributed by atoms with E-state index in [4.69, 9.17) is 5.11 Å². The van der Waals surface area contributed by atoms with Crippen molar-refractivity contribution in [3.63, 3.8) is 0 Å². The Morgan fingerprint density at radius 3 is 2.67 bits per heavy atom. The van der Waals surface area contributed by atoms with Gasteiger partial charge < -0.3 is 15.7 Å². The van der Waals surface area contributed by atoms with Crippen molar-refractivity contribution in [3.05, 3.63) is 0 Å². The van der Waals surface area contributed by atoms with E-state index in [0.29, 0.717) is 36.9 Å². The van der Waals surface area contributed by atoms with Crippen LogP contribution in [0.25, 0.3) is 0 Å². The number of rotatable bonds is 6. The molecule has 2 rings (SSSR count). The van der Waals surface area contributed by atoms with Gasteiger partial charge >= 0.3 is 0 Å². The molecule has 2 heterocycles. The Bertz CT molecular complexity index is 271. The van der Waals surface area contributed by atoms with Gasteiger partial charge in [0.05, 0.1) is 0 Å². The highest BCUT2D eigenvalue weighted by atomic mass is 16.3. The molecule has 0 aromatic carbocycles. The van der Waals surface area contributed by atoms with Crippen LogP contribution in [0.3, 0.4) is 0 Å². The normalized spacial score (nSPS) is 32.2. The van der Waals surface area contributed by atoms with Gasteiger partial charge in [0, 0.05) is 31.7 Å². The first-order valence-corrected chi connectivity index (χ1v) is 7.31. The lowest BCUT2D eigenvalue weighted by Crippen LogP contribution is -2.40. The van der Waals surface area contributed by atoms with Crippen LogP contribution in [0.1, 0.15) is 45.4 Å². The second-order valence-corrected chi connectivity index (χ2v) is 6.10. The third kappa shape index (κ3) is 3.95. The van der Waals surface area contributed by atoms with E-state index in [1.54, 1.807) is 0 Å². The molecular weight excluding hydrogens is 228 g/mol. The number of amides is 1. The first kappa shape index (κ1) is 13.8. The van der Waals surface area contributed by atoms with Crippen molar-refractivity contribution in [2.45, 2.75) is 57.5 Å². The Balaban J connectivity index is 1.65. The molecule has 0 aromatic rings. The van der Waals surface area contributed by atoms with Gasteiger partial charge in [-0.2, -0.15) is 0 Å². The topological polar surface area (TPSA) is 61.4 Å². The van der Waals surface area contributed by atoms with Crippen LogP contribution in [-0.4, -0.2) is 36.2 Å². The number of nitrogens with one attached hydrogen (secondary N) is 2. The van der Waals surface area contributed by atoms with E-state index < -0.39 is 0 Å². The van der Waals surface area contributed by atoms with Gasteiger partial charge in [0.15, 0.2) is 0 Å². The first-order chi connectivity index (χ1) is 8.67. The molecular formula is C14H26N2O2. The van der Waals surface area contributed by atoms with Crippen molar-refractivity contribution >= 4 is 5.91 Å². The molecule has 0 saturated carbocycles. The van der Waals surface area contributed by atoms with Crippen molar-refractivity contribution in [1.82, 2.24) is 10.6 Å². The summed E-state index contributed by atoms with van der Waals surface area (Å²) in [6.45, 7) is 2.95. The number of fused-ring (bicyclic) bond motifs is 2. The molecule has 0 spiro atoms. The molecule has 2 aliphatic heterocycles. The van der Waals surface area contributed by atoms with E-state index in [1.807, 2.05) is 0 Å². The molecule has 2 bridgehead atoms. The van der Waals surface area contributed by atoms with Gasteiger partial charge in [-0.3, -0.25) is 4.79 Å². The predicted molar refractivity (Wildman–Crippen MR) is 71.2 cm³/mol. The second kappa shape index (κ2) is 6.53. The molecule has 2 fully saturated rings. The minimum Gasteiger partial charge on any atom is -0.396 e. The van der Waals surface area contributed by atoms with E-state index >= 15 is 0 Å². The van der Waals surface area contributed by atoms with Gasteiger partial charge in [0.25, 0.3) is 0 Å². The summed E-state index contributed by atoms with van der Waals surface area (Å²) in [5.41, 5.74) is 0. The molecule has 3 unspecified atom stereocenters. The third-order valence-electron chi connectivity index (χ3n) is 4.31. The molecule has 3 N–H and O–H groups in total. The maximum atomic E-state index is 11.9. The largest absolute Gasteiger partial charge is 0.396 e. The highest BCUT2D eigenvalue weighted by molar-refractivity contribution is 5.76. The molecule has 0 radical (unpaired) electrons. The Morgan fingerprint density at radius 1 is 1.39 bits per heavy atom. The van der Waals surface area contributed by atoms with E-state index in [0.717, 1.165) is 19.3 Å². The lowest BCUT2D eigenvalue weighted by atomic mass is 9.89. The molecule has 0 aromatic heterocycles. The number of aliphatic hydroxyl groups is 1. The highest BCUT2D eigenvalue weighted by Gasteiger charge is 2.34. The molecule has 3 atom stereocenters. The molecule has 1 amide bonds. The predicted octanol–water partition coefficient (Wildman–Crippen LogP) is 1.04. The summed E-state index contributed by atoms with van der Waals surface area (Å²) in [7, 11) is 0. The van der Waals surface area contributed by atoms with Crippen LogP contribution in [0.15, 0.2) is 0 Å². The summed E-state index contributed by atoms with van der Waals surface area (Å²) in [4.78, 5) is 11.9. The quantitative estimate of drug-likeness (QED) is 0.664. The molecule has 4 heteroatoms. The Kier molecular flexibility index (Phi) is 5.01. The highest BCUT2D eigenvalue weighted by Crippen LogP contribution is 2.32. The minimum atomic E-state index is 0.186. The lowest BCUT2D eigenvalue weighted by Gasteiger charge is -2.28. The van der Waals surface area contributed by atoms with Gasteiger partial charge in [0.2, 0.25) is 5.91 Å². The molecule has 2 aliphatic rings. The van der Waals surface area contributed by atoms with Gasteiger partial charge in [-0.05, 0) is 43.9 Å². The summed E-state index contributed by atoms with van der Waals surface area (Å²) in [5, 5.41) is 15.4. The number of hydrogen-bond acceptors (Lipinski definition) is 3. The Hall–Kier alpha value is -0.610. The number of aliphatic hydroxyl groups excluding tert-OH is 1. The van der Waals surface area contributed by atoms with Crippen molar-refractivity contribution in [2.24, 2.45) is 11.8 Å². The van der Waals surface area contributed by atoms with Crippen LogP contribution in [-0.2, 0) is 4.79 Å². The van der Waals surface area contributed by atoms with Crippen molar-refractivity contribution < 1.29 is 9.90 Å². The summed E-state index contributed by atoms with van der Waals surface area (Å²) < 4.78 is 0. The van der Waals surface area contributed by atoms with Gasteiger partial charge in [-0.25, -0.2) is 0 Å². The summed E-state index contributed by atoms with van der Waals surface area (Å²) in [6, 6.07) is 1.32. The minimum absolute atomic E-state index is 0.186. The molecule has 4 nitrogen and oxygen atoms in total. The van der Waals surface area contributed by atoms with Crippen molar-refractivity contribution in [1.29, 1.82) is 0 Å². The monoisotopic (exact) mass is 254 g/mol. The Morgan fingerprint density at radius 2 is 2.06 bits per heavy atom. The smallest absolute Gasteiger partial charge is 0.220 e. The maximum Gasteiger partial charge on any atom is 0.220 e. The van der Waals surface area contributed by atoms with Crippen LogP contribution in [0, 0.1) is 11.8 Å². The Labute approximate surface area is 110 Å². The zero-order valence-electron chi connectivity index (χ0n) is 11.3. The fourth-order valence-electron chi connectivity index (χ4n) is 3.29. The van der Waals surface area contributed by atoms with Crippen LogP contribution < -0.4 is 10.6 Å². The standard InChI is InChI=1S/C14H26N2O2/c1-10(4-5-17)9-15-14(18)8-11-6-12-2-3-13(7-11)16-12/h10-13,16-17H,2-9H2,1H3,(H,15,18). The number of carbonyl (C=O) groups is 1. The SMILES string of the molecule is CC(CCO)CNC(=O)CC1CC2CCC(C1)N2. The summed E-state index contributed by atoms with van der Waals surface area (Å²) in [6.07, 6.45) is 6.34. The van der Waals surface area contributed by atoms with Gasteiger partial charge in [-0.1, -0.05) is 6.92 Å². The van der Waals surface area contributed by atoms with Gasteiger partial charge in [0.1, 0.15) is 0 Å². The number of piperidine rings is 1. The summed E-state index contributed by atoms with van der Waals surface area (Å²) >= 11 is 0. The fourth-order valence-corrected chi connectivity index (χ4v) is 3.29. The van der Waals surface area contributed by atoms with Crippen LogP contribution in [0.2, 0.25) is 0 Å². The van der Waals surface area contributed by atoms with E-state index in [2.05, 4.69) is 17.6 Å². The first-order valence-electron chi connectivity index (χ1n) is 7.31. The average molecular weight is 254 g/mol. The van der Waals surface area contributed by atoms with Crippen molar-refractivity contribution in [3.8, 4) is 0 Å². The zero-order chi connectivity index (χ0) is 13.0. The lowest BCUT2D eigenvalue weighted by molar-refractivity contribution is -0.122.